The smallest absolute Gasteiger partial charge is 0.0467 e. The zero-order valence-corrected chi connectivity index (χ0v) is 16.8. The van der Waals surface area contributed by atoms with Crippen LogP contribution in [-0.2, 0) is 5.41 Å². The average Bonchev–Trinajstić information content (AvgIpc) is 3.04. The molecule has 3 aromatic rings. The summed E-state index contributed by atoms with van der Waals surface area (Å²) in [5.74, 6) is 3.64. The molecule has 4 fully saturated rings. The minimum Gasteiger partial charge on any atom is -0.355 e. The summed E-state index contributed by atoms with van der Waals surface area (Å²) in [6.07, 6.45) is 7.27. The predicted molar refractivity (Wildman–Crippen MR) is 119 cm³/mol. The highest BCUT2D eigenvalue weighted by atomic mass is 14.9. The topological polar surface area (TPSA) is 12.0 Å². The minimum absolute atomic E-state index is 0.258. The van der Waals surface area contributed by atoms with Gasteiger partial charge >= 0.3 is 0 Å². The number of para-hydroxylation sites is 1. The lowest BCUT2D eigenvalue weighted by Crippen LogP contribution is -2.55. The van der Waals surface area contributed by atoms with Crippen LogP contribution in [0.2, 0.25) is 0 Å². The summed E-state index contributed by atoms with van der Waals surface area (Å²) in [5.41, 5.74) is 8.90. The zero-order valence-electron chi connectivity index (χ0n) is 16.8. The number of hydrogen-bond acceptors (Lipinski definition) is 1. The molecule has 1 nitrogen and oxygen atoms in total. The lowest BCUT2D eigenvalue weighted by atomic mass is 9.43. The van der Waals surface area contributed by atoms with E-state index >= 15 is 0 Å². The molecule has 3 aromatic carbocycles. The molecule has 0 heterocycles. The number of anilines is 2. The van der Waals surface area contributed by atoms with Crippen molar-refractivity contribution in [1.29, 1.82) is 0 Å². The van der Waals surface area contributed by atoms with Crippen LogP contribution in [0.15, 0.2) is 72.8 Å². The predicted octanol–water partition coefficient (Wildman–Crippen LogP) is 7.15. The van der Waals surface area contributed by atoms with Gasteiger partial charge in [-0.25, -0.2) is 0 Å². The monoisotopic (exact) mass is 377 g/mol. The molecule has 0 aromatic heterocycles. The van der Waals surface area contributed by atoms with Gasteiger partial charge in [-0.1, -0.05) is 54.6 Å². The summed E-state index contributed by atoms with van der Waals surface area (Å²) in [6, 6.07) is 27.0. The zero-order chi connectivity index (χ0) is 19.0. The SMILES string of the molecule is c1ccc(Nc2cccc3c2-c2ccccc2C32C3CC4CC(C3)CC2C4)cc1. The van der Waals surface area contributed by atoms with Crippen LogP contribution in [0.3, 0.4) is 0 Å². The third kappa shape index (κ3) is 2.06. The first kappa shape index (κ1) is 16.3. The van der Waals surface area contributed by atoms with Crippen molar-refractivity contribution in [2.45, 2.75) is 37.5 Å². The Morgan fingerprint density at radius 1 is 0.621 bits per heavy atom. The van der Waals surface area contributed by atoms with Crippen LogP contribution >= 0.6 is 0 Å². The Balaban J connectivity index is 1.46. The van der Waals surface area contributed by atoms with Crippen LogP contribution < -0.4 is 5.32 Å². The van der Waals surface area contributed by atoms with Gasteiger partial charge in [0.15, 0.2) is 0 Å². The van der Waals surface area contributed by atoms with E-state index in [0.29, 0.717) is 0 Å². The molecule has 0 radical (unpaired) electrons. The Hall–Kier alpha value is -2.54. The highest BCUT2D eigenvalue weighted by molar-refractivity contribution is 5.91. The fourth-order valence-electron chi connectivity index (χ4n) is 7.98. The van der Waals surface area contributed by atoms with E-state index < -0.39 is 0 Å². The maximum atomic E-state index is 3.75. The Morgan fingerprint density at radius 3 is 2.03 bits per heavy atom. The summed E-state index contributed by atoms with van der Waals surface area (Å²) in [4.78, 5) is 0. The standard InChI is InChI=1S/C28H27N/c1-2-7-22(8-3-1)29-26-12-6-11-25-27(26)23-9-4-5-10-24(23)28(25)20-14-18-13-19(16-20)17-21(28)15-18/h1-12,18-21,29H,13-17H2. The molecule has 5 aliphatic rings. The van der Waals surface area contributed by atoms with Crippen molar-refractivity contribution in [3.63, 3.8) is 0 Å². The first-order chi connectivity index (χ1) is 14.3. The Labute approximate surface area is 173 Å². The van der Waals surface area contributed by atoms with Gasteiger partial charge in [-0.3, -0.25) is 0 Å². The summed E-state index contributed by atoms with van der Waals surface area (Å²) in [5, 5.41) is 3.75. The lowest BCUT2D eigenvalue weighted by molar-refractivity contribution is -0.0399. The molecule has 0 unspecified atom stereocenters. The molecule has 1 spiro atoms. The largest absolute Gasteiger partial charge is 0.355 e. The number of hydrogen-bond donors (Lipinski definition) is 1. The van der Waals surface area contributed by atoms with Crippen LogP contribution in [0.5, 0.6) is 0 Å². The number of nitrogens with one attached hydrogen (secondary N) is 1. The second-order valence-corrected chi connectivity index (χ2v) is 9.94. The highest BCUT2D eigenvalue weighted by Crippen LogP contribution is 2.69. The van der Waals surface area contributed by atoms with Crippen LogP contribution in [0.4, 0.5) is 11.4 Å². The minimum atomic E-state index is 0.258. The average molecular weight is 378 g/mol. The summed E-state index contributed by atoms with van der Waals surface area (Å²) in [6.45, 7) is 0. The van der Waals surface area contributed by atoms with Gasteiger partial charge in [0.2, 0.25) is 0 Å². The Morgan fingerprint density at radius 2 is 1.28 bits per heavy atom. The van der Waals surface area contributed by atoms with E-state index in [2.05, 4.69) is 78.1 Å². The van der Waals surface area contributed by atoms with Crippen molar-refractivity contribution in [3.05, 3.63) is 83.9 Å². The summed E-state index contributed by atoms with van der Waals surface area (Å²) < 4.78 is 0. The molecule has 0 amide bonds. The molecule has 0 saturated heterocycles. The molecule has 0 aliphatic heterocycles. The molecule has 8 rings (SSSR count). The Kier molecular flexibility index (Phi) is 3.23. The van der Waals surface area contributed by atoms with Crippen molar-refractivity contribution in [1.82, 2.24) is 0 Å². The fourth-order valence-corrected chi connectivity index (χ4v) is 7.98. The number of fused-ring (bicyclic) bond motifs is 3. The molecule has 1 N–H and O–H groups in total. The molecular formula is C28H27N. The maximum absolute atomic E-state index is 3.75. The van der Waals surface area contributed by atoms with Crippen molar-refractivity contribution < 1.29 is 0 Å². The highest BCUT2D eigenvalue weighted by Gasteiger charge is 2.61. The first-order valence-corrected chi connectivity index (χ1v) is 11.4. The van der Waals surface area contributed by atoms with Gasteiger partial charge in [-0.2, -0.15) is 0 Å². The van der Waals surface area contributed by atoms with Crippen molar-refractivity contribution in [3.8, 4) is 11.1 Å². The molecule has 1 heteroatoms. The van der Waals surface area contributed by atoms with Gasteiger partial charge in [0.05, 0.1) is 0 Å². The van der Waals surface area contributed by atoms with Gasteiger partial charge < -0.3 is 5.32 Å². The number of rotatable bonds is 2. The van der Waals surface area contributed by atoms with Crippen LogP contribution in [-0.4, -0.2) is 0 Å². The third-order valence-electron chi connectivity index (χ3n) is 8.63. The van der Waals surface area contributed by atoms with Gasteiger partial charge in [-0.15, -0.1) is 0 Å². The van der Waals surface area contributed by atoms with E-state index in [9.17, 15) is 0 Å². The van der Waals surface area contributed by atoms with E-state index in [1.807, 2.05) is 0 Å². The molecule has 0 atom stereocenters. The number of benzene rings is 3. The fraction of sp³-hybridized carbons (Fsp3) is 0.357. The quantitative estimate of drug-likeness (QED) is 0.500. The maximum Gasteiger partial charge on any atom is 0.0467 e. The third-order valence-corrected chi connectivity index (χ3v) is 8.63. The molecular weight excluding hydrogens is 350 g/mol. The lowest BCUT2D eigenvalue weighted by Gasteiger charge is -2.61. The normalized spacial score (nSPS) is 33.0. The van der Waals surface area contributed by atoms with Gasteiger partial charge in [0, 0.05) is 22.4 Å². The molecule has 4 bridgehead atoms. The first-order valence-electron chi connectivity index (χ1n) is 11.4. The Bertz CT molecular complexity index is 1070. The molecule has 29 heavy (non-hydrogen) atoms. The van der Waals surface area contributed by atoms with E-state index in [0.717, 1.165) is 23.7 Å². The van der Waals surface area contributed by atoms with E-state index in [1.165, 1.54) is 54.6 Å². The molecule has 5 aliphatic carbocycles. The van der Waals surface area contributed by atoms with Gasteiger partial charge in [0.1, 0.15) is 0 Å². The molecule has 144 valence electrons. The second-order valence-electron chi connectivity index (χ2n) is 9.94. The van der Waals surface area contributed by atoms with Crippen molar-refractivity contribution >= 4 is 11.4 Å². The summed E-state index contributed by atoms with van der Waals surface area (Å²) >= 11 is 0. The molecule has 4 saturated carbocycles. The van der Waals surface area contributed by atoms with E-state index in [-0.39, 0.29) is 5.41 Å². The van der Waals surface area contributed by atoms with E-state index in [4.69, 9.17) is 0 Å². The van der Waals surface area contributed by atoms with Gasteiger partial charge in [0.25, 0.3) is 0 Å². The van der Waals surface area contributed by atoms with Crippen LogP contribution in [0.1, 0.15) is 43.2 Å². The van der Waals surface area contributed by atoms with Gasteiger partial charge in [-0.05, 0) is 90.7 Å². The van der Waals surface area contributed by atoms with Crippen molar-refractivity contribution in [2.75, 3.05) is 5.32 Å². The van der Waals surface area contributed by atoms with Crippen LogP contribution in [0, 0.1) is 23.7 Å². The van der Waals surface area contributed by atoms with Crippen LogP contribution in [0.25, 0.3) is 11.1 Å². The summed E-state index contributed by atoms with van der Waals surface area (Å²) in [7, 11) is 0. The second kappa shape index (κ2) is 5.75. The van der Waals surface area contributed by atoms with Crippen molar-refractivity contribution in [2.24, 2.45) is 23.7 Å². The van der Waals surface area contributed by atoms with E-state index in [1.54, 1.807) is 11.1 Å².